The van der Waals surface area contributed by atoms with Crippen LogP contribution in [-0.4, -0.2) is 26.9 Å². The van der Waals surface area contributed by atoms with Crippen molar-refractivity contribution < 1.29 is 14.2 Å². The number of hydrogen-bond donors (Lipinski definition) is 1. The summed E-state index contributed by atoms with van der Waals surface area (Å²) in [5.41, 5.74) is 2.47. The summed E-state index contributed by atoms with van der Waals surface area (Å²) in [6.07, 6.45) is 1.11. The lowest BCUT2D eigenvalue weighted by Gasteiger charge is -2.14. The van der Waals surface area contributed by atoms with E-state index < -0.39 is 0 Å². The average molecular weight is 329 g/mol. The summed E-state index contributed by atoms with van der Waals surface area (Å²) in [6, 6.07) is 14.3. The number of rotatable bonds is 9. The quantitative estimate of drug-likeness (QED) is 0.710. The molecule has 1 N–H and O–H groups in total. The van der Waals surface area contributed by atoms with Gasteiger partial charge in [-0.3, -0.25) is 0 Å². The molecule has 0 aliphatic heterocycles. The van der Waals surface area contributed by atoms with Gasteiger partial charge in [0.2, 0.25) is 0 Å². The molecule has 2 rings (SSSR count). The Kier molecular flexibility index (Phi) is 6.94. The third kappa shape index (κ3) is 5.46. The molecule has 4 nitrogen and oxygen atoms in total. The SMILES string of the molecule is COc1ccc(CCNCc2ccc(OC(C)C)c(OC)c2)cc1. The third-order valence-corrected chi connectivity index (χ3v) is 3.67. The van der Waals surface area contributed by atoms with Crippen LogP contribution in [0.4, 0.5) is 0 Å². The molecule has 0 amide bonds. The number of benzene rings is 2. The minimum absolute atomic E-state index is 0.132. The Morgan fingerprint density at radius 1 is 0.875 bits per heavy atom. The lowest BCUT2D eigenvalue weighted by molar-refractivity contribution is 0.230. The van der Waals surface area contributed by atoms with Crippen molar-refractivity contribution in [2.75, 3.05) is 20.8 Å². The molecule has 4 heteroatoms. The van der Waals surface area contributed by atoms with Crippen LogP contribution in [0.1, 0.15) is 25.0 Å². The van der Waals surface area contributed by atoms with Crippen molar-refractivity contribution in [3.63, 3.8) is 0 Å². The summed E-state index contributed by atoms with van der Waals surface area (Å²) in [5.74, 6) is 2.45. The maximum Gasteiger partial charge on any atom is 0.161 e. The molecule has 0 saturated carbocycles. The molecule has 0 aliphatic carbocycles. The Hall–Kier alpha value is -2.20. The van der Waals surface area contributed by atoms with Gasteiger partial charge in [-0.25, -0.2) is 0 Å². The highest BCUT2D eigenvalue weighted by Gasteiger charge is 2.07. The van der Waals surface area contributed by atoms with Crippen molar-refractivity contribution in [3.8, 4) is 17.2 Å². The molecule has 0 aromatic heterocycles. The molecule has 0 unspecified atom stereocenters. The van der Waals surface area contributed by atoms with Gasteiger partial charge in [0, 0.05) is 6.54 Å². The molecule has 2 aromatic rings. The fourth-order valence-corrected chi connectivity index (χ4v) is 2.43. The van der Waals surface area contributed by atoms with E-state index in [1.165, 1.54) is 11.1 Å². The van der Waals surface area contributed by atoms with Gasteiger partial charge in [-0.05, 0) is 62.2 Å². The van der Waals surface area contributed by atoms with E-state index in [4.69, 9.17) is 14.2 Å². The Morgan fingerprint density at radius 3 is 2.21 bits per heavy atom. The molecule has 0 aliphatic rings. The van der Waals surface area contributed by atoms with E-state index in [-0.39, 0.29) is 6.10 Å². The van der Waals surface area contributed by atoms with Gasteiger partial charge in [-0.15, -0.1) is 0 Å². The lowest BCUT2D eigenvalue weighted by Crippen LogP contribution is -2.16. The first-order valence-electron chi connectivity index (χ1n) is 8.29. The zero-order valence-electron chi connectivity index (χ0n) is 15.0. The van der Waals surface area contributed by atoms with Crippen molar-refractivity contribution >= 4 is 0 Å². The second-order valence-corrected chi connectivity index (χ2v) is 5.93. The number of nitrogens with one attached hydrogen (secondary N) is 1. The summed E-state index contributed by atoms with van der Waals surface area (Å²) in [4.78, 5) is 0. The largest absolute Gasteiger partial charge is 0.497 e. The fraction of sp³-hybridized carbons (Fsp3) is 0.400. The van der Waals surface area contributed by atoms with Gasteiger partial charge >= 0.3 is 0 Å². The molecule has 0 atom stereocenters. The molecule has 24 heavy (non-hydrogen) atoms. The van der Waals surface area contributed by atoms with Crippen LogP contribution in [0.15, 0.2) is 42.5 Å². The Bertz CT molecular complexity index is 623. The number of ether oxygens (including phenoxy) is 3. The zero-order chi connectivity index (χ0) is 17.4. The normalized spacial score (nSPS) is 10.7. The minimum atomic E-state index is 0.132. The summed E-state index contributed by atoms with van der Waals surface area (Å²) in [7, 11) is 3.35. The van der Waals surface area contributed by atoms with Crippen LogP contribution < -0.4 is 19.5 Å². The third-order valence-electron chi connectivity index (χ3n) is 3.67. The van der Waals surface area contributed by atoms with Crippen molar-refractivity contribution in [2.45, 2.75) is 32.9 Å². The van der Waals surface area contributed by atoms with E-state index in [9.17, 15) is 0 Å². The Morgan fingerprint density at radius 2 is 1.58 bits per heavy atom. The molecule has 0 fully saturated rings. The van der Waals surface area contributed by atoms with Crippen molar-refractivity contribution in [1.29, 1.82) is 0 Å². The first-order valence-corrected chi connectivity index (χ1v) is 8.29. The van der Waals surface area contributed by atoms with Gasteiger partial charge in [0.05, 0.1) is 20.3 Å². The van der Waals surface area contributed by atoms with Gasteiger partial charge in [0.15, 0.2) is 11.5 Å². The van der Waals surface area contributed by atoms with Gasteiger partial charge in [-0.2, -0.15) is 0 Å². The van der Waals surface area contributed by atoms with Gasteiger partial charge in [0.25, 0.3) is 0 Å². The first kappa shape index (κ1) is 18.1. The molecule has 0 radical (unpaired) electrons. The predicted molar refractivity (Wildman–Crippen MR) is 97.2 cm³/mol. The molecular formula is C20H27NO3. The Balaban J connectivity index is 1.83. The number of methoxy groups -OCH3 is 2. The van der Waals surface area contributed by atoms with Crippen molar-refractivity contribution in [3.05, 3.63) is 53.6 Å². The van der Waals surface area contributed by atoms with E-state index in [1.807, 2.05) is 38.1 Å². The lowest BCUT2D eigenvalue weighted by atomic mass is 10.1. The fourth-order valence-electron chi connectivity index (χ4n) is 2.43. The highest BCUT2D eigenvalue weighted by Crippen LogP contribution is 2.28. The summed E-state index contributed by atoms with van der Waals surface area (Å²) < 4.78 is 16.3. The van der Waals surface area contributed by atoms with Crippen LogP contribution in [0.5, 0.6) is 17.2 Å². The maximum atomic E-state index is 5.74. The predicted octanol–water partition coefficient (Wildman–Crippen LogP) is 3.82. The highest BCUT2D eigenvalue weighted by molar-refractivity contribution is 5.43. The van der Waals surface area contributed by atoms with E-state index in [0.29, 0.717) is 0 Å². The second-order valence-electron chi connectivity index (χ2n) is 5.93. The molecule has 0 saturated heterocycles. The van der Waals surface area contributed by atoms with E-state index in [2.05, 4.69) is 23.5 Å². The summed E-state index contributed by atoms with van der Waals surface area (Å²) >= 11 is 0. The van der Waals surface area contributed by atoms with Crippen LogP contribution in [0, 0.1) is 0 Å². The molecular weight excluding hydrogens is 302 g/mol. The standard InChI is InChI=1S/C20H27NO3/c1-15(2)24-19-10-7-17(13-20(19)23-4)14-21-12-11-16-5-8-18(22-3)9-6-16/h5-10,13,15,21H,11-12,14H2,1-4H3. The average Bonchev–Trinajstić information content (AvgIpc) is 2.59. The van der Waals surface area contributed by atoms with Crippen LogP contribution in [0.3, 0.4) is 0 Å². The summed E-state index contributed by atoms with van der Waals surface area (Å²) in [6.45, 7) is 5.73. The first-order chi connectivity index (χ1) is 11.6. The number of hydrogen-bond acceptors (Lipinski definition) is 4. The second kappa shape index (κ2) is 9.18. The monoisotopic (exact) mass is 329 g/mol. The van der Waals surface area contributed by atoms with Gasteiger partial charge in [-0.1, -0.05) is 18.2 Å². The van der Waals surface area contributed by atoms with E-state index in [0.717, 1.165) is 36.8 Å². The zero-order valence-corrected chi connectivity index (χ0v) is 15.0. The van der Waals surface area contributed by atoms with Crippen molar-refractivity contribution in [2.24, 2.45) is 0 Å². The molecule has 0 bridgehead atoms. The van der Waals surface area contributed by atoms with E-state index >= 15 is 0 Å². The molecule has 130 valence electrons. The highest BCUT2D eigenvalue weighted by atomic mass is 16.5. The van der Waals surface area contributed by atoms with Gasteiger partial charge in [0.1, 0.15) is 5.75 Å². The summed E-state index contributed by atoms with van der Waals surface area (Å²) in [5, 5.41) is 3.46. The topological polar surface area (TPSA) is 39.7 Å². The van der Waals surface area contributed by atoms with Crippen LogP contribution >= 0.6 is 0 Å². The smallest absolute Gasteiger partial charge is 0.161 e. The maximum absolute atomic E-state index is 5.74. The van der Waals surface area contributed by atoms with Crippen molar-refractivity contribution in [1.82, 2.24) is 5.32 Å². The van der Waals surface area contributed by atoms with E-state index in [1.54, 1.807) is 14.2 Å². The molecule has 2 aromatic carbocycles. The van der Waals surface area contributed by atoms with Crippen LogP contribution in [0.2, 0.25) is 0 Å². The Labute approximate surface area is 144 Å². The van der Waals surface area contributed by atoms with Crippen LogP contribution in [-0.2, 0) is 13.0 Å². The minimum Gasteiger partial charge on any atom is -0.497 e. The molecule has 0 heterocycles. The van der Waals surface area contributed by atoms with Gasteiger partial charge < -0.3 is 19.5 Å². The molecule has 0 spiro atoms. The van der Waals surface area contributed by atoms with Crippen LogP contribution in [0.25, 0.3) is 0 Å².